The molecular formula is C12H20N4O3S2. The van der Waals surface area contributed by atoms with Crippen molar-refractivity contribution in [3.8, 4) is 0 Å². The van der Waals surface area contributed by atoms with E-state index in [1.807, 2.05) is 6.26 Å². The fourth-order valence-electron chi connectivity index (χ4n) is 1.68. The summed E-state index contributed by atoms with van der Waals surface area (Å²) in [7, 11) is 0. The van der Waals surface area contributed by atoms with Gasteiger partial charge in [0.1, 0.15) is 10.6 Å². The van der Waals surface area contributed by atoms with Crippen LogP contribution < -0.4 is 16.8 Å². The first-order chi connectivity index (χ1) is 9.75. The third kappa shape index (κ3) is 5.80. The van der Waals surface area contributed by atoms with Crippen LogP contribution in [0.3, 0.4) is 0 Å². The van der Waals surface area contributed by atoms with E-state index in [1.165, 1.54) is 23.1 Å². The molecule has 0 saturated carbocycles. The Morgan fingerprint density at radius 2 is 2.14 bits per heavy atom. The number of primary amides is 1. The molecule has 0 aliphatic heterocycles. The molecule has 2 amide bonds. The Balaban J connectivity index is 2.40. The molecule has 0 bridgehead atoms. The van der Waals surface area contributed by atoms with E-state index >= 15 is 0 Å². The average molecular weight is 332 g/mol. The zero-order chi connectivity index (χ0) is 16.0. The average Bonchev–Trinajstić information content (AvgIpc) is 2.74. The minimum absolute atomic E-state index is 0.261. The first kappa shape index (κ1) is 17.6. The molecule has 7 nitrogen and oxygen atoms in total. The van der Waals surface area contributed by atoms with Gasteiger partial charge in [-0.05, 0) is 32.9 Å². The molecule has 1 aromatic rings. The lowest BCUT2D eigenvalue weighted by atomic mass is 10.0. The van der Waals surface area contributed by atoms with Gasteiger partial charge in [0.2, 0.25) is 0 Å². The van der Waals surface area contributed by atoms with E-state index in [2.05, 4.69) is 10.3 Å². The fourth-order valence-corrected chi connectivity index (χ4v) is 3.03. The van der Waals surface area contributed by atoms with Gasteiger partial charge in [0.05, 0.1) is 0 Å². The number of hydrogen-bond donors (Lipinski definition) is 3. The summed E-state index contributed by atoms with van der Waals surface area (Å²) in [6, 6.07) is 0. The highest BCUT2D eigenvalue weighted by molar-refractivity contribution is 8.00. The lowest BCUT2D eigenvalue weighted by molar-refractivity contribution is 0.0375. The summed E-state index contributed by atoms with van der Waals surface area (Å²) in [4.78, 5) is 26.8. The van der Waals surface area contributed by atoms with Crippen molar-refractivity contribution in [2.45, 2.75) is 36.6 Å². The van der Waals surface area contributed by atoms with Gasteiger partial charge in [-0.15, -0.1) is 0 Å². The van der Waals surface area contributed by atoms with Gasteiger partial charge in [-0.1, -0.05) is 23.1 Å². The number of anilines is 1. The second-order valence-corrected chi connectivity index (χ2v) is 7.02. The summed E-state index contributed by atoms with van der Waals surface area (Å²) in [5.74, 6) is -0.294. The largest absolute Gasteiger partial charge is 0.444 e. The van der Waals surface area contributed by atoms with Crippen LogP contribution in [-0.2, 0) is 4.74 Å². The molecule has 0 saturated heterocycles. The van der Waals surface area contributed by atoms with Crippen LogP contribution in [0.15, 0.2) is 4.34 Å². The lowest BCUT2D eigenvalue weighted by Crippen LogP contribution is -2.33. The van der Waals surface area contributed by atoms with Gasteiger partial charge in [0.15, 0.2) is 10.0 Å². The Morgan fingerprint density at radius 3 is 2.67 bits per heavy atom. The lowest BCUT2D eigenvalue weighted by Gasteiger charge is -2.23. The minimum atomic E-state index is -0.802. The summed E-state index contributed by atoms with van der Waals surface area (Å²) < 4.78 is 5.72. The number of carbonyl (C=O) groups is 2. The Hall–Kier alpha value is -1.48. The van der Waals surface area contributed by atoms with Crippen molar-refractivity contribution < 1.29 is 14.3 Å². The van der Waals surface area contributed by atoms with E-state index in [-0.39, 0.29) is 11.6 Å². The molecular weight excluding hydrogens is 312 g/mol. The molecule has 1 aromatic heterocycles. The third-order valence-electron chi connectivity index (χ3n) is 2.64. The maximum absolute atomic E-state index is 11.9. The van der Waals surface area contributed by atoms with Crippen molar-refractivity contribution in [2.75, 3.05) is 18.5 Å². The number of ether oxygens (including phenoxy) is 1. The molecule has 1 heterocycles. The van der Waals surface area contributed by atoms with Crippen LogP contribution in [0.5, 0.6) is 0 Å². The number of thiazole rings is 1. The second kappa shape index (κ2) is 7.51. The van der Waals surface area contributed by atoms with E-state index < -0.39 is 11.7 Å². The molecule has 21 heavy (non-hydrogen) atoms. The number of nitrogens with two attached hydrogens (primary N) is 2. The van der Waals surface area contributed by atoms with Crippen LogP contribution in [0.2, 0.25) is 0 Å². The topological polar surface area (TPSA) is 120 Å². The van der Waals surface area contributed by atoms with Gasteiger partial charge in [-0.25, -0.2) is 9.78 Å². The van der Waals surface area contributed by atoms with Crippen LogP contribution in [0.4, 0.5) is 9.80 Å². The number of carbonyl (C=O) groups excluding carboxylic acids is 2. The van der Waals surface area contributed by atoms with Gasteiger partial charge >= 0.3 is 6.09 Å². The summed E-state index contributed by atoms with van der Waals surface area (Å²) in [6.07, 6.45) is 2.30. The minimum Gasteiger partial charge on any atom is -0.444 e. The molecule has 9 heteroatoms. The fraction of sp³-hybridized carbons (Fsp3) is 0.583. The van der Waals surface area contributed by atoms with Crippen molar-refractivity contribution in [2.24, 2.45) is 5.73 Å². The number of nitrogens with zero attached hydrogens (tertiary/aromatic N) is 1. The maximum Gasteiger partial charge on any atom is 0.405 e. The van der Waals surface area contributed by atoms with E-state index in [4.69, 9.17) is 16.2 Å². The van der Waals surface area contributed by atoms with E-state index in [9.17, 15) is 9.59 Å². The van der Waals surface area contributed by atoms with E-state index in [0.717, 1.165) is 4.34 Å². The van der Waals surface area contributed by atoms with Gasteiger partial charge in [0, 0.05) is 6.54 Å². The number of amides is 2. The number of nitrogens with one attached hydrogen (secondary N) is 1. The molecule has 0 radical (unpaired) electrons. The molecule has 5 N–H and O–H groups in total. The highest BCUT2D eigenvalue weighted by Gasteiger charge is 2.21. The van der Waals surface area contributed by atoms with E-state index in [1.54, 1.807) is 13.8 Å². The zero-order valence-electron chi connectivity index (χ0n) is 12.3. The van der Waals surface area contributed by atoms with Crippen molar-refractivity contribution >= 4 is 40.1 Å². The molecule has 0 aromatic carbocycles. The Bertz CT molecular complexity index is 517. The molecule has 0 spiro atoms. The highest BCUT2D eigenvalue weighted by Crippen LogP contribution is 2.27. The van der Waals surface area contributed by atoms with Gasteiger partial charge in [0.25, 0.3) is 5.91 Å². The third-order valence-corrected chi connectivity index (χ3v) is 4.51. The smallest absolute Gasteiger partial charge is 0.405 e. The standard InChI is InChI=1S/C12H20N4O3S2/c1-12(2,19-10(14)18)5-4-6-15-9(17)7-8(13)21-11(16-7)20-3/h4-6,13H2,1-3H3,(H2,14,18)(H,15,17). The maximum atomic E-state index is 11.9. The normalized spacial score (nSPS) is 11.2. The molecule has 1 rings (SSSR count). The number of nitrogen functional groups attached to an aromatic ring is 1. The first-order valence-electron chi connectivity index (χ1n) is 6.32. The Morgan fingerprint density at radius 1 is 1.48 bits per heavy atom. The quantitative estimate of drug-likeness (QED) is 0.517. The van der Waals surface area contributed by atoms with Crippen molar-refractivity contribution in [3.63, 3.8) is 0 Å². The number of hydrogen-bond acceptors (Lipinski definition) is 7. The molecule has 0 unspecified atom stereocenters. The molecule has 0 fully saturated rings. The van der Waals surface area contributed by atoms with Crippen LogP contribution in [0, 0.1) is 0 Å². The zero-order valence-corrected chi connectivity index (χ0v) is 13.9. The molecule has 0 aliphatic carbocycles. The predicted octanol–water partition coefficient (Wildman–Crippen LogP) is 1.83. The Kier molecular flexibility index (Phi) is 6.28. The summed E-state index contributed by atoms with van der Waals surface area (Å²) in [6.45, 7) is 3.97. The number of aromatic nitrogens is 1. The number of thioether (sulfide) groups is 1. The molecule has 118 valence electrons. The van der Waals surface area contributed by atoms with Crippen LogP contribution in [-0.4, -0.2) is 35.4 Å². The van der Waals surface area contributed by atoms with E-state index in [0.29, 0.717) is 24.4 Å². The summed E-state index contributed by atoms with van der Waals surface area (Å²) >= 11 is 2.74. The van der Waals surface area contributed by atoms with Crippen molar-refractivity contribution in [1.82, 2.24) is 10.3 Å². The number of rotatable bonds is 7. The van der Waals surface area contributed by atoms with Gasteiger partial charge in [-0.2, -0.15) is 0 Å². The van der Waals surface area contributed by atoms with Crippen LogP contribution >= 0.6 is 23.1 Å². The SMILES string of the molecule is CSc1nc(C(=O)NCCCC(C)(C)OC(N)=O)c(N)s1. The Labute approximate surface area is 131 Å². The monoisotopic (exact) mass is 332 g/mol. The first-order valence-corrected chi connectivity index (χ1v) is 8.36. The second-order valence-electron chi connectivity index (χ2n) is 4.94. The van der Waals surface area contributed by atoms with Crippen LogP contribution in [0.1, 0.15) is 37.2 Å². The predicted molar refractivity (Wildman–Crippen MR) is 84.6 cm³/mol. The van der Waals surface area contributed by atoms with Crippen molar-refractivity contribution in [1.29, 1.82) is 0 Å². The van der Waals surface area contributed by atoms with Gasteiger partial charge < -0.3 is 21.5 Å². The highest BCUT2D eigenvalue weighted by atomic mass is 32.2. The summed E-state index contributed by atoms with van der Waals surface area (Å²) in [5.41, 5.74) is 10.4. The van der Waals surface area contributed by atoms with Gasteiger partial charge in [-0.3, -0.25) is 4.79 Å². The molecule has 0 aliphatic rings. The van der Waals surface area contributed by atoms with Crippen molar-refractivity contribution in [3.05, 3.63) is 5.69 Å². The van der Waals surface area contributed by atoms with Crippen LogP contribution in [0.25, 0.3) is 0 Å². The summed E-state index contributed by atoms with van der Waals surface area (Å²) in [5, 5.41) is 3.16. The molecule has 0 atom stereocenters.